The minimum atomic E-state index is 0.122. The number of nitrogens with two attached hydrogens (primary N) is 1. The summed E-state index contributed by atoms with van der Waals surface area (Å²) >= 11 is 0. The minimum Gasteiger partial charge on any atom is -0.493 e. The van der Waals surface area contributed by atoms with Gasteiger partial charge in [-0.25, -0.2) is 0 Å². The lowest BCUT2D eigenvalue weighted by Crippen LogP contribution is -2.14. The molecule has 0 saturated carbocycles. The van der Waals surface area contributed by atoms with Crippen LogP contribution in [-0.4, -0.2) is 17.6 Å². The van der Waals surface area contributed by atoms with Crippen molar-refractivity contribution in [3.8, 4) is 5.75 Å². The Hall–Kier alpha value is -1.71. The minimum absolute atomic E-state index is 0.122. The van der Waals surface area contributed by atoms with Gasteiger partial charge in [0.15, 0.2) is 5.84 Å². The van der Waals surface area contributed by atoms with Crippen LogP contribution in [0.25, 0.3) is 0 Å². The first-order valence-electron chi connectivity index (χ1n) is 5.82. The maximum atomic E-state index is 8.64. The van der Waals surface area contributed by atoms with Gasteiger partial charge in [0, 0.05) is 5.56 Å². The maximum absolute atomic E-state index is 8.64. The molecule has 94 valence electrons. The van der Waals surface area contributed by atoms with Gasteiger partial charge in [0.1, 0.15) is 5.75 Å². The third-order valence-corrected chi connectivity index (χ3v) is 2.61. The van der Waals surface area contributed by atoms with Gasteiger partial charge >= 0.3 is 0 Å². The van der Waals surface area contributed by atoms with Gasteiger partial charge in [-0.15, -0.1) is 0 Å². The molecule has 0 atom stereocenters. The second-order valence-electron chi connectivity index (χ2n) is 4.13. The van der Waals surface area contributed by atoms with E-state index >= 15 is 0 Å². The van der Waals surface area contributed by atoms with Crippen LogP contribution in [0.2, 0.25) is 0 Å². The van der Waals surface area contributed by atoms with Gasteiger partial charge in [-0.1, -0.05) is 18.5 Å². The van der Waals surface area contributed by atoms with Crippen LogP contribution in [0.15, 0.2) is 17.3 Å². The summed E-state index contributed by atoms with van der Waals surface area (Å²) in [6, 6.07) is 3.73. The predicted octanol–water partition coefficient (Wildman–Crippen LogP) is 2.58. The highest BCUT2D eigenvalue weighted by atomic mass is 16.5. The number of benzene rings is 1. The van der Waals surface area contributed by atoms with E-state index < -0.39 is 0 Å². The van der Waals surface area contributed by atoms with Crippen LogP contribution < -0.4 is 10.5 Å². The third-order valence-electron chi connectivity index (χ3n) is 2.61. The number of unbranched alkanes of at least 4 members (excludes halogenated alkanes) is 1. The molecule has 17 heavy (non-hydrogen) atoms. The maximum Gasteiger partial charge on any atom is 0.170 e. The van der Waals surface area contributed by atoms with Gasteiger partial charge in [-0.3, -0.25) is 0 Å². The summed E-state index contributed by atoms with van der Waals surface area (Å²) in [5, 5.41) is 11.6. The Morgan fingerprint density at radius 2 is 1.94 bits per heavy atom. The zero-order chi connectivity index (χ0) is 12.8. The molecule has 0 bridgehead atoms. The van der Waals surface area contributed by atoms with Gasteiger partial charge in [0.25, 0.3) is 0 Å². The quantitative estimate of drug-likeness (QED) is 0.271. The monoisotopic (exact) mass is 236 g/mol. The first kappa shape index (κ1) is 13.4. The topological polar surface area (TPSA) is 67.8 Å². The van der Waals surface area contributed by atoms with Gasteiger partial charge in [0.05, 0.1) is 6.61 Å². The molecule has 3 N–H and O–H groups in total. The van der Waals surface area contributed by atoms with Crippen LogP contribution in [0.3, 0.4) is 0 Å². The number of rotatable bonds is 5. The molecule has 4 nitrogen and oxygen atoms in total. The Kier molecular flexibility index (Phi) is 4.82. The molecule has 1 rings (SSSR count). The first-order chi connectivity index (χ1) is 8.10. The van der Waals surface area contributed by atoms with Crippen LogP contribution in [-0.2, 0) is 0 Å². The van der Waals surface area contributed by atoms with E-state index in [9.17, 15) is 0 Å². The fraction of sp³-hybridized carbons (Fsp3) is 0.462. The number of aryl methyl sites for hydroxylation is 2. The Labute approximate surface area is 102 Å². The Morgan fingerprint density at radius 3 is 2.41 bits per heavy atom. The largest absolute Gasteiger partial charge is 0.493 e. The summed E-state index contributed by atoms with van der Waals surface area (Å²) in [4.78, 5) is 0. The van der Waals surface area contributed by atoms with Crippen molar-refractivity contribution >= 4 is 5.84 Å². The fourth-order valence-electron chi connectivity index (χ4n) is 1.70. The smallest absolute Gasteiger partial charge is 0.170 e. The summed E-state index contributed by atoms with van der Waals surface area (Å²) in [6.45, 7) is 6.77. The predicted molar refractivity (Wildman–Crippen MR) is 68.8 cm³/mol. The van der Waals surface area contributed by atoms with E-state index in [-0.39, 0.29) is 5.84 Å². The second kappa shape index (κ2) is 6.13. The Bertz CT molecular complexity index is 391. The molecule has 0 unspecified atom stereocenters. The Morgan fingerprint density at radius 1 is 1.35 bits per heavy atom. The molecule has 1 aromatic rings. The number of hydrogen-bond donors (Lipinski definition) is 2. The Balaban J connectivity index is 2.94. The highest BCUT2D eigenvalue weighted by molar-refractivity contribution is 5.97. The highest BCUT2D eigenvalue weighted by Gasteiger charge is 2.08. The van der Waals surface area contributed by atoms with Crippen LogP contribution in [0, 0.1) is 13.8 Å². The van der Waals surface area contributed by atoms with E-state index in [4.69, 9.17) is 15.7 Å². The highest BCUT2D eigenvalue weighted by Crippen LogP contribution is 2.25. The number of hydrogen-bond acceptors (Lipinski definition) is 3. The van der Waals surface area contributed by atoms with E-state index in [1.54, 1.807) is 0 Å². The van der Waals surface area contributed by atoms with Crippen molar-refractivity contribution in [1.82, 2.24) is 0 Å². The summed E-state index contributed by atoms with van der Waals surface area (Å²) < 4.78 is 5.73. The molecule has 0 spiro atoms. The molecule has 0 radical (unpaired) electrons. The van der Waals surface area contributed by atoms with Crippen LogP contribution in [0.5, 0.6) is 5.75 Å². The van der Waals surface area contributed by atoms with Crippen molar-refractivity contribution in [2.75, 3.05) is 6.61 Å². The zero-order valence-electron chi connectivity index (χ0n) is 10.7. The number of amidine groups is 1. The van der Waals surface area contributed by atoms with E-state index in [0.29, 0.717) is 5.56 Å². The number of ether oxygens (including phenoxy) is 1. The lowest BCUT2D eigenvalue weighted by atomic mass is 10.1. The summed E-state index contributed by atoms with van der Waals surface area (Å²) in [7, 11) is 0. The van der Waals surface area contributed by atoms with Crippen LogP contribution in [0.4, 0.5) is 0 Å². The van der Waals surface area contributed by atoms with Crippen molar-refractivity contribution in [3.05, 3.63) is 28.8 Å². The van der Waals surface area contributed by atoms with E-state index in [1.807, 2.05) is 26.0 Å². The second-order valence-corrected chi connectivity index (χ2v) is 4.13. The molecule has 0 aromatic heterocycles. The van der Waals surface area contributed by atoms with Gasteiger partial charge in [0.2, 0.25) is 0 Å². The van der Waals surface area contributed by atoms with Gasteiger partial charge in [-0.2, -0.15) is 0 Å². The van der Waals surface area contributed by atoms with E-state index in [2.05, 4.69) is 12.1 Å². The molecule has 0 fully saturated rings. The molecule has 0 saturated heterocycles. The number of nitrogens with zero attached hydrogens (tertiary/aromatic N) is 1. The molecule has 0 aliphatic carbocycles. The molecule has 0 heterocycles. The zero-order valence-corrected chi connectivity index (χ0v) is 10.7. The fourth-order valence-corrected chi connectivity index (χ4v) is 1.70. The van der Waals surface area contributed by atoms with E-state index in [1.165, 1.54) is 0 Å². The summed E-state index contributed by atoms with van der Waals surface area (Å²) in [5.41, 5.74) is 8.28. The molecular weight excluding hydrogens is 216 g/mol. The SMILES string of the molecule is CCCCOc1c(C)cc(/C(N)=N/O)cc1C. The molecule has 4 heteroatoms. The summed E-state index contributed by atoms with van der Waals surface area (Å²) in [5.74, 6) is 1.02. The van der Waals surface area contributed by atoms with Gasteiger partial charge in [-0.05, 0) is 43.5 Å². The van der Waals surface area contributed by atoms with Crippen molar-refractivity contribution in [1.29, 1.82) is 0 Å². The van der Waals surface area contributed by atoms with Crippen molar-refractivity contribution < 1.29 is 9.94 Å². The first-order valence-corrected chi connectivity index (χ1v) is 5.82. The molecule has 0 amide bonds. The average Bonchev–Trinajstić information content (AvgIpc) is 2.31. The van der Waals surface area contributed by atoms with Crippen molar-refractivity contribution in [2.24, 2.45) is 10.9 Å². The van der Waals surface area contributed by atoms with Crippen molar-refractivity contribution in [2.45, 2.75) is 33.6 Å². The lowest BCUT2D eigenvalue weighted by Gasteiger charge is -2.13. The van der Waals surface area contributed by atoms with E-state index in [0.717, 1.165) is 36.3 Å². The molecule has 1 aromatic carbocycles. The third kappa shape index (κ3) is 3.37. The van der Waals surface area contributed by atoms with Crippen molar-refractivity contribution in [3.63, 3.8) is 0 Å². The average molecular weight is 236 g/mol. The standard InChI is InChI=1S/C13H20N2O2/c1-4-5-6-17-12-9(2)7-11(8-10(12)3)13(14)15-16/h7-8,16H,4-6H2,1-3H3,(H2,14,15). The molecular formula is C13H20N2O2. The molecule has 0 aliphatic heterocycles. The molecule has 0 aliphatic rings. The lowest BCUT2D eigenvalue weighted by molar-refractivity contribution is 0.305. The van der Waals surface area contributed by atoms with Crippen LogP contribution in [0.1, 0.15) is 36.5 Å². The van der Waals surface area contributed by atoms with Gasteiger partial charge < -0.3 is 15.7 Å². The summed E-state index contributed by atoms with van der Waals surface area (Å²) in [6.07, 6.45) is 2.15. The normalized spacial score (nSPS) is 11.6. The number of oxime groups is 1. The van der Waals surface area contributed by atoms with Crippen LogP contribution >= 0.6 is 0 Å².